The van der Waals surface area contributed by atoms with Crippen molar-refractivity contribution in [1.29, 1.82) is 0 Å². The second kappa shape index (κ2) is 14.7. The molecule has 2 saturated heterocycles. The van der Waals surface area contributed by atoms with Crippen molar-refractivity contribution in [3.63, 3.8) is 0 Å². The van der Waals surface area contributed by atoms with E-state index in [1.165, 1.54) is 0 Å². The van der Waals surface area contributed by atoms with Gasteiger partial charge in [0.05, 0.1) is 11.8 Å². The maximum absolute atomic E-state index is 13.9. The molecule has 3 N–H and O–H groups in total. The van der Waals surface area contributed by atoms with Crippen molar-refractivity contribution in [3.8, 4) is 11.1 Å². The van der Waals surface area contributed by atoms with E-state index in [-0.39, 0.29) is 30.0 Å². The van der Waals surface area contributed by atoms with Crippen molar-refractivity contribution < 1.29 is 14.6 Å². The lowest BCUT2D eigenvalue weighted by atomic mass is 9.95. The van der Waals surface area contributed by atoms with Crippen molar-refractivity contribution in [2.75, 3.05) is 37.7 Å². The minimum absolute atomic E-state index is 0.153. The first-order chi connectivity index (χ1) is 21.6. The summed E-state index contributed by atoms with van der Waals surface area (Å²) in [6, 6.07) is 10.6. The number of H-pyrrole nitrogens is 1. The van der Waals surface area contributed by atoms with E-state index >= 15 is 0 Å². The number of likely N-dealkylation sites (tertiary alicyclic amines) is 1. The van der Waals surface area contributed by atoms with Crippen LogP contribution < -0.4 is 15.8 Å². The molecular formula is C36H49N5O4. The summed E-state index contributed by atoms with van der Waals surface area (Å²) in [7, 11) is 0. The van der Waals surface area contributed by atoms with Crippen LogP contribution in [0.2, 0.25) is 0 Å². The third kappa shape index (κ3) is 7.83. The Labute approximate surface area is 267 Å². The van der Waals surface area contributed by atoms with Crippen molar-refractivity contribution in [2.45, 2.75) is 91.5 Å². The van der Waals surface area contributed by atoms with Gasteiger partial charge in [-0.1, -0.05) is 19.9 Å². The number of aromatic nitrogens is 2. The van der Waals surface area contributed by atoms with Crippen molar-refractivity contribution in [2.24, 2.45) is 0 Å². The summed E-state index contributed by atoms with van der Waals surface area (Å²) in [5.41, 5.74) is 7.56. The highest BCUT2D eigenvalue weighted by Crippen LogP contribution is 2.34. The fourth-order valence-corrected chi connectivity index (χ4v) is 6.82. The molecule has 2 aliphatic rings. The van der Waals surface area contributed by atoms with Crippen LogP contribution in [0.1, 0.15) is 90.8 Å². The number of benzene rings is 1. The van der Waals surface area contributed by atoms with Gasteiger partial charge in [-0.3, -0.25) is 19.5 Å². The standard InChI is InChI=1S/C36H49N5O4/c1-6-41(29-11-14-45-15-12-29)34-18-27(26-9-10-28(37-19-26)21-40-13-7-8-30(42)22-40)17-32(25(34)5)35(43)38-20-33-31(23(2)3)16-24(4)39-36(33)44/h9-10,16-19,23,29-30,42H,6-8,11-15,20-22H2,1-5H3,(H,38,43)(H,39,44)/t30-/m0/s1. The first-order valence-corrected chi connectivity index (χ1v) is 16.5. The first-order valence-electron chi connectivity index (χ1n) is 16.5. The second-order valence-electron chi connectivity index (χ2n) is 12.9. The van der Waals surface area contributed by atoms with Crippen molar-refractivity contribution in [3.05, 3.63) is 80.5 Å². The summed E-state index contributed by atoms with van der Waals surface area (Å²) in [5, 5.41) is 13.1. The molecule has 5 rings (SSSR count). The number of nitrogens with one attached hydrogen (secondary N) is 2. The lowest BCUT2D eigenvalue weighted by molar-refractivity contribution is 0.0662. The number of anilines is 1. The maximum atomic E-state index is 13.9. The summed E-state index contributed by atoms with van der Waals surface area (Å²) >= 11 is 0. The van der Waals surface area contributed by atoms with Gasteiger partial charge in [0.25, 0.3) is 11.5 Å². The van der Waals surface area contributed by atoms with Crippen LogP contribution in [0.4, 0.5) is 5.69 Å². The molecule has 3 aromatic rings. The normalized spacial score (nSPS) is 17.9. The summed E-state index contributed by atoms with van der Waals surface area (Å²) < 4.78 is 5.66. The van der Waals surface area contributed by atoms with Crippen LogP contribution in [0.15, 0.2) is 41.3 Å². The Kier molecular flexibility index (Phi) is 10.7. The number of pyridine rings is 2. The molecule has 1 amide bonds. The van der Waals surface area contributed by atoms with E-state index in [9.17, 15) is 14.7 Å². The molecule has 0 spiro atoms. The summed E-state index contributed by atoms with van der Waals surface area (Å²) in [5.74, 6) is -0.0517. The van der Waals surface area contributed by atoms with E-state index in [1.807, 2.05) is 38.2 Å². The molecule has 1 atom stereocenters. The number of hydrogen-bond donors (Lipinski definition) is 3. The number of carbonyl (C=O) groups excluding carboxylic acids is 1. The molecule has 45 heavy (non-hydrogen) atoms. The number of carbonyl (C=O) groups is 1. The molecule has 2 fully saturated rings. The molecule has 0 bridgehead atoms. The van der Waals surface area contributed by atoms with E-state index in [1.54, 1.807) is 0 Å². The number of rotatable bonds is 10. The SMILES string of the molecule is CCN(c1cc(-c2ccc(CN3CCC[C@H](O)C3)nc2)cc(C(=O)NCc2c(C(C)C)cc(C)[nH]c2=O)c1C)C1CCOCC1. The number of amides is 1. The average molecular weight is 616 g/mol. The van der Waals surface area contributed by atoms with E-state index in [0.717, 1.165) is 91.3 Å². The smallest absolute Gasteiger partial charge is 0.253 e. The topological polar surface area (TPSA) is 111 Å². The Bertz CT molecular complexity index is 1530. The van der Waals surface area contributed by atoms with Gasteiger partial charge in [-0.15, -0.1) is 0 Å². The van der Waals surface area contributed by atoms with E-state index in [4.69, 9.17) is 9.72 Å². The molecule has 0 radical (unpaired) electrons. The molecule has 2 aromatic heterocycles. The lowest BCUT2D eigenvalue weighted by Crippen LogP contribution is -2.40. The van der Waals surface area contributed by atoms with Crippen LogP contribution in [-0.2, 0) is 17.8 Å². The third-order valence-corrected chi connectivity index (χ3v) is 9.28. The molecule has 1 aromatic carbocycles. The number of nitrogens with zero attached hydrogens (tertiary/aromatic N) is 3. The van der Waals surface area contributed by atoms with Gasteiger partial charge in [-0.25, -0.2) is 0 Å². The fourth-order valence-electron chi connectivity index (χ4n) is 6.82. The monoisotopic (exact) mass is 615 g/mol. The zero-order chi connectivity index (χ0) is 32.1. The van der Waals surface area contributed by atoms with Crippen LogP contribution in [0.5, 0.6) is 0 Å². The molecule has 9 nitrogen and oxygen atoms in total. The Morgan fingerprint density at radius 2 is 1.93 bits per heavy atom. The van der Waals surface area contributed by atoms with Gasteiger partial charge >= 0.3 is 0 Å². The minimum Gasteiger partial charge on any atom is -0.392 e. The number of aliphatic hydroxyl groups is 1. The Morgan fingerprint density at radius 3 is 2.60 bits per heavy atom. The number of hydrogen-bond acceptors (Lipinski definition) is 7. The average Bonchev–Trinajstić information content (AvgIpc) is 3.02. The van der Waals surface area contributed by atoms with E-state index in [2.05, 4.69) is 53.0 Å². The van der Waals surface area contributed by atoms with Crippen molar-refractivity contribution >= 4 is 11.6 Å². The largest absolute Gasteiger partial charge is 0.392 e. The summed E-state index contributed by atoms with van der Waals surface area (Å²) in [6.45, 7) is 14.9. The van der Waals surface area contributed by atoms with Crippen molar-refractivity contribution in [1.82, 2.24) is 20.2 Å². The van der Waals surface area contributed by atoms with Gasteiger partial charge in [-0.05, 0) is 99.9 Å². The van der Waals surface area contributed by atoms with Crippen LogP contribution >= 0.6 is 0 Å². The summed E-state index contributed by atoms with van der Waals surface area (Å²) in [6.07, 6.45) is 5.35. The minimum atomic E-state index is -0.271. The number of ether oxygens (including phenoxy) is 1. The molecule has 2 aliphatic heterocycles. The Morgan fingerprint density at radius 1 is 1.16 bits per heavy atom. The van der Waals surface area contributed by atoms with Gasteiger partial charge < -0.3 is 25.0 Å². The van der Waals surface area contributed by atoms with Crippen LogP contribution in [0.25, 0.3) is 11.1 Å². The van der Waals surface area contributed by atoms with Gasteiger partial charge in [0.1, 0.15) is 0 Å². The highest BCUT2D eigenvalue weighted by atomic mass is 16.5. The third-order valence-electron chi connectivity index (χ3n) is 9.28. The van der Waals surface area contributed by atoms with Gasteiger partial charge in [-0.2, -0.15) is 0 Å². The molecule has 0 unspecified atom stereocenters. The molecule has 9 heteroatoms. The predicted molar refractivity (Wildman–Crippen MR) is 179 cm³/mol. The molecule has 0 saturated carbocycles. The van der Waals surface area contributed by atoms with Crippen LogP contribution in [0, 0.1) is 13.8 Å². The zero-order valence-corrected chi connectivity index (χ0v) is 27.5. The predicted octanol–water partition coefficient (Wildman–Crippen LogP) is 5.07. The molecule has 242 valence electrons. The number of aromatic amines is 1. The number of piperidine rings is 1. The molecular weight excluding hydrogens is 566 g/mol. The lowest BCUT2D eigenvalue weighted by Gasteiger charge is -2.37. The highest BCUT2D eigenvalue weighted by molar-refractivity contribution is 5.99. The Balaban J connectivity index is 1.47. The first kappa shape index (κ1) is 32.9. The van der Waals surface area contributed by atoms with Gasteiger partial charge in [0, 0.05) is 79.7 Å². The number of aryl methyl sites for hydroxylation is 1. The van der Waals surface area contributed by atoms with E-state index < -0.39 is 0 Å². The number of aliphatic hydroxyl groups excluding tert-OH is 1. The molecule has 4 heterocycles. The van der Waals surface area contributed by atoms with Gasteiger partial charge in [0.2, 0.25) is 0 Å². The zero-order valence-electron chi connectivity index (χ0n) is 27.5. The van der Waals surface area contributed by atoms with E-state index in [0.29, 0.717) is 30.3 Å². The van der Waals surface area contributed by atoms with Crippen LogP contribution in [-0.4, -0.2) is 70.9 Å². The summed E-state index contributed by atoms with van der Waals surface area (Å²) in [4.78, 5) is 39.2. The fraction of sp³-hybridized carbons (Fsp3) is 0.528. The number of β-amino-alcohol motifs (C(OH)–C–C–N with tert-alkyl or cyclic N) is 1. The maximum Gasteiger partial charge on any atom is 0.253 e. The highest BCUT2D eigenvalue weighted by Gasteiger charge is 2.25. The molecule has 0 aliphatic carbocycles. The van der Waals surface area contributed by atoms with Gasteiger partial charge in [0.15, 0.2) is 0 Å². The second-order valence-corrected chi connectivity index (χ2v) is 12.9. The quantitative estimate of drug-likeness (QED) is 0.292. The Hall–Kier alpha value is -3.53. The van der Waals surface area contributed by atoms with Crippen LogP contribution in [0.3, 0.4) is 0 Å².